The summed E-state index contributed by atoms with van der Waals surface area (Å²) in [6, 6.07) is 9.64. The SMILES string of the molecule is CC1CCCN(C(=O)CCOc2ccccc2)C1. The van der Waals surface area contributed by atoms with E-state index in [1.807, 2.05) is 35.2 Å². The van der Waals surface area contributed by atoms with Crippen LogP contribution in [0.4, 0.5) is 0 Å². The molecule has 3 heteroatoms. The fourth-order valence-corrected chi connectivity index (χ4v) is 2.35. The minimum atomic E-state index is 0.220. The molecule has 1 amide bonds. The van der Waals surface area contributed by atoms with Crippen LogP contribution < -0.4 is 4.74 Å². The molecule has 18 heavy (non-hydrogen) atoms. The van der Waals surface area contributed by atoms with Gasteiger partial charge in [-0.1, -0.05) is 25.1 Å². The Morgan fingerprint density at radius 1 is 1.39 bits per heavy atom. The predicted octanol–water partition coefficient (Wildman–Crippen LogP) is 2.71. The number of likely N-dealkylation sites (tertiary alicyclic amines) is 1. The first-order valence-electron chi connectivity index (χ1n) is 6.71. The van der Waals surface area contributed by atoms with Gasteiger partial charge in [-0.25, -0.2) is 0 Å². The number of piperidine rings is 1. The van der Waals surface area contributed by atoms with Crippen molar-refractivity contribution in [2.24, 2.45) is 5.92 Å². The Hall–Kier alpha value is -1.51. The smallest absolute Gasteiger partial charge is 0.226 e. The maximum Gasteiger partial charge on any atom is 0.226 e. The summed E-state index contributed by atoms with van der Waals surface area (Å²) in [6.45, 7) is 4.49. The minimum Gasteiger partial charge on any atom is -0.493 e. The molecule has 0 spiro atoms. The van der Waals surface area contributed by atoms with Gasteiger partial charge in [0, 0.05) is 13.1 Å². The van der Waals surface area contributed by atoms with E-state index in [4.69, 9.17) is 4.74 Å². The van der Waals surface area contributed by atoms with Crippen LogP contribution in [0.15, 0.2) is 30.3 Å². The lowest BCUT2D eigenvalue weighted by molar-refractivity contribution is -0.133. The van der Waals surface area contributed by atoms with Gasteiger partial charge >= 0.3 is 0 Å². The first kappa shape index (κ1) is 12.9. The molecule has 0 aromatic heterocycles. The van der Waals surface area contributed by atoms with Crippen LogP contribution in [0, 0.1) is 5.92 Å². The molecule has 0 radical (unpaired) electrons. The Balaban J connectivity index is 1.71. The van der Waals surface area contributed by atoms with E-state index in [1.165, 1.54) is 6.42 Å². The second kappa shape index (κ2) is 6.43. The van der Waals surface area contributed by atoms with Crippen LogP contribution in [0.3, 0.4) is 0 Å². The third kappa shape index (κ3) is 3.76. The van der Waals surface area contributed by atoms with Crippen molar-refractivity contribution in [3.63, 3.8) is 0 Å². The van der Waals surface area contributed by atoms with Crippen molar-refractivity contribution < 1.29 is 9.53 Å². The number of ether oxygens (including phenoxy) is 1. The van der Waals surface area contributed by atoms with Gasteiger partial charge in [-0.2, -0.15) is 0 Å². The van der Waals surface area contributed by atoms with Gasteiger partial charge in [-0.05, 0) is 30.9 Å². The van der Waals surface area contributed by atoms with Gasteiger partial charge in [-0.3, -0.25) is 4.79 Å². The first-order valence-corrected chi connectivity index (χ1v) is 6.71. The molecule has 0 N–H and O–H groups in total. The summed E-state index contributed by atoms with van der Waals surface area (Å²) in [5.41, 5.74) is 0. The molecule has 1 aromatic carbocycles. The van der Waals surface area contributed by atoms with E-state index in [1.54, 1.807) is 0 Å². The molecular formula is C15H21NO2. The molecule has 1 aliphatic heterocycles. The van der Waals surface area contributed by atoms with Gasteiger partial charge in [0.1, 0.15) is 5.75 Å². The van der Waals surface area contributed by atoms with Crippen molar-refractivity contribution in [2.45, 2.75) is 26.2 Å². The van der Waals surface area contributed by atoms with Gasteiger partial charge in [0.2, 0.25) is 5.91 Å². The fourth-order valence-electron chi connectivity index (χ4n) is 2.35. The van der Waals surface area contributed by atoms with Crippen molar-refractivity contribution >= 4 is 5.91 Å². The zero-order valence-electron chi connectivity index (χ0n) is 11.0. The molecule has 98 valence electrons. The van der Waals surface area contributed by atoms with Crippen LogP contribution in [0.2, 0.25) is 0 Å². The molecule has 1 aromatic rings. The maximum atomic E-state index is 12.0. The zero-order chi connectivity index (χ0) is 12.8. The van der Waals surface area contributed by atoms with E-state index in [-0.39, 0.29) is 5.91 Å². The van der Waals surface area contributed by atoms with E-state index in [0.717, 1.165) is 25.3 Å². The van der Waals surface area contributed by atoms with Crippen LogP contribution in [0.5, 0.6) is 5.75 Å². The maximum absolute atomic E-state index is 12.0. The monoisotopic (exact) mass is 247 g/mol. The number of rotatable bonds is 4. The zero-order valence-corrected chi connectivity index (χ0v) is 11.0. The first-order chi connectivity index (χ1) is 8.75. The summed E-state index contributed by atoms with van der Waals surface area (Å²) in [5, 5.41) is 0. The molecule has 2 rings (SSSR count). The summed E-state index contributed by atoms with van der Waals surface area (Å²) in [5.74, 6) is 1.69. The number of benzene rings is 1. The second-order valence-electron chi connectivity index (χ2n) is 5.00. The van der Waals surface area contributed by atoms with Crippen molar-refractivity contribution in [2.75, 3.05) is 19.7 Å². The van der Waals surface area contributed by atoms with Crippen LogP contribution in [-0.2, 0) is 4.79 Å². The molecule has 0 saturated carbocycles. The Bertz CT molecular complexity index is 377. The lowest BCUT2D eigenvalue weighted by atomic mass is 10.0. The molecule has 1 saturated heterocycles. The van der Waals surface area contributed by atoms with Crippen LogP contribution in [-0.4, -0.2) is 30.5 Å². The molecule has 1 fully saturated rings. The fraction of sp³-hybridized carbons (Fsp3) is 0.533. The number of hydrogen-bond acceptors (Lipinski definition) is 2. The summed E-state index contributed by atoms with van der Waals surface area (Å²) in [7, 11) is 0. The van der Waals surface area contributed by atoms with E-state index in [2.05, 4.69) is 6.92 Å². The molecule has 1 atom stereocenters. The molecule has 0 bridgehead atoms. The predicted molar refractivity (Wildman–Crippen MR) is 71.5 cm³/mol. The molecule has 3 nitrogen and oxygen atoms in total. The van der Waals surface area contributed by atoms with Crippen LogP contribution >= 0.6 is 0 Å². The highest BCUT2D eigenvalue weighted by molar-refractivity contribution is 5.76. The molecule has 1 heterocycles. The Labute approximate surface area is 109 Å². The lowest BCUT2D eigenvalue weighted by Crippen LogP contribution is -2.39. The van der Waals surface area contributed by atoms with Gasteiger partial charge in [-0.15, -0.1) is 0 Å². The molecular weight excluding hydrogens is 226 g/mol. The highest BCUT2D eigenvalue weighted by Crippen LogP contribution is 2.16. The van der Waals surface area contributed by atoms with Crippen LogP contribution in [0.1, 0.15) is 26.2 Å². The van der Waals surface area contributed by atoms with Crippen LogP contribution in [0.25, 0.3) is 0 Å². The summed E-state index contributed by atoms with van der Waals surface area (Å²) in [6.07, 6.45) is 2.85. The molecule has 1 aliphatic rings. The Morgan fingerprint density at radius 2 is 2.17 bits per heavy atom. The summed E-state index contributed by atoms with van der Waals surface area (Å²) < 4.78 is 5.55. The number of nitrogens with zero attached hydrogens (tertiary/aromatic N) is 1. The minimum absolute atomic E-state index is 0.220. The van der Waals surface area contributed by atoms with Crippen molar-refractivity contribution in [3.05, 3.63) is 30.3 Å². The molecule has 1 unspecified atom stereocenters. The highest BCUT2D eigenvalue weighted by Gasteiger charge is 2.20. The van der Waals surface area contributed by atoms with Gasteiger partial charge in [0.25, 0.3) is 0 Å². The van der Waals surface area contributed by atoms with E-state index in [9.17, 15) is 4.79 Å². The number of carbonyl (C=O) groups is 1. The third-order valence-corrected chi connectivity index (χ3v) is 3.34. The topological polar surface area (TPSA) is 29.5 Å². The third-order valence-electron chi connectivity index (χ3n) is 3.34. The average Bonchev–Trinajstić information content (AvgIpc) is 2.40. The molecule has 0 aliphatic carbocycles. The van der Waals surface area contributed by atoms with Crippen molar-refractivity contribution in [3.8, 4) is 5.75 Å². The summed E-state index contributed by atoms with van der Waals surface area (Å²) >= 11 is 0. The number of hydrogen-bond donors (Lipinski definition) is 0. The summed E-state index contributed by atoms with van der Waals surface area (Å²) in [4.78, 5) is 14.0. The van der Waals surface area contributed by atoms with Gasteiger partial charge in [0.15, 0.2) is 0 Å². The van der Waals surface area contributed by atoms with E-state index < -0.39 is 0 Å². The second-order valence-corrected chi connectivity index (χ2v) is 5.00. The van der Waals surface area contributed by atoms with Crippen molar-refractivity contribution in [1.82, 2.24) is 4.90 Å². The number of para-hydroxylation sites is 1. The van der Waals surface area contributed by atoms with Gasteiger partial charge < -0.3 is 9.64 Å². The van der Waals surface area contributed by atoms with E-state index >= 15 is 0 Å². The van der Waals surface area contributed by atoms with Crippen molar-refractivity contribution in [1.29, 1.82) is 0 Å². The standard InChI is InChI=1S/C15H21NO2/c1-13-6-5-10-16(12-13)15(17)9-11-18-14-7-3-2-4-8-14/h2-4,7-8,13H,5-6,9-12H2,1H3. The highest BCUT2D eigenvalue weighted by atomic mass is 16.5. The lowest BCUT2D eigenvalue weighted by Gasteiger charge is -2.31. The quantitative estimate of drug-likeness (QED) is 0.818. The normalized spacial score (nSPS) is 19.6. The Kier molecular flexibility index (Phi) is 4.62. The largest absolute Gasteiger partial charge is 0.493 e. The Morgan fingerprint density at radius 3 is 2.89 bits per heavy atom. The number of amides is 1. The van der Waals surface area contributed by atoms with E-state index in [0.29, 0.717) is 18.9 Å². The van der Waals surface area contributed by atoms with Gasteiger partial charge in [0.05, 0.1) is 13.0 Å². The number of carbonyl (C=O) groups excluding carboxylic acids is 1. The average molecular weight is 247 g/mol.